The molecule has 0 bridgehead atoms. The lowest BCUT2D eigenvalue weighted by Crippen LogP contribution is -2.12. The van der Waals surface area contributed by atoms with Gasteiger partial charge in [-0.2, -0.15) is 13.2 Å². The summed E-state index contributed by atoms with van der Waals surface area (Å²) in [5.74, 6) is -0.978. The Labute approximate surface area is 93.0 Å². The van der Waals surface area contributed by atoms with Gasteiger partial charge in [-0.25, -0.2) is 4.39 Å². The number of hydrogen-bond acceptors (Lipinski definition) is 1. The third kappa shape index (κ3) is 3.32. The van der Waals surface area contributed by atoms with E-state index in [2.05, 4.69) is 17.5 Å². The van der Waals surface area contributed by atoms with Gasteiger partial charge in [-0.1, -0.05) is 11.6 Å². The molecule has 82 valence electrons. The second-order valence-electron chi connectivity index (χ2n) is 2.59. The van der Waals surface area contributed by atoms with Crippen LogP contribution in [0.5, 0.6) is 0 Å². The number of nitrogens with one attached hydrogen (secondary N) is 1. The van der Waals surface area contributed by atoms with Crippen molar-refractivity contribution >= 4 is 34.0 Å². The number of halogens is 5. The summed E-state index contributed by atoms with van der Waals surface area (Å²) in [6, 6.07) is 2.18. The molecule has 0 unspecified atom stereocenters. The summed E-state index contributed by atoms with van der Waals surface area (Å²) in [6.45, 7) is 0. The van der Waals surface area contributed by atoms with Crippen LogP contribution in [0.4, 0.5) is 23.2 Å². The number of hydrogen-bond donors (Lipinski definition) is 1. The molecule has 0 amide bonds. The van der Waals surface area contributed by atoms with Crippen LogP contribution in [-0.2, 0) is 6.18 Å². The first kappa shape index (κ1) is 12.2. The van der Waals surface area contributed by atoms with Gasteiger partial charge in [0.25, 0.3) is 0 Å². The highest BCUT2D eigenvalue weighted by molar-refractivity contribution is 7.83. The fraction of sp³-hybridized carbons (Fsp3) is 0.125. The zero-order valence-electron chi connectivity index (χ0n) is 7.03. The predicted molar refractivity (Wildman–Crippen MR) is 53.5 cm³/mol. The first-order valence-electron chi connectivity index (χ1n) is 3.64. The van der Waals surface area contributed by atoms with Crippen molar-refractivity contribution in [2.24, 2.45) is 0 Å². The Hall–Kier alpha value is -0.880. The molecule has 1 aromatic rings. The smallest absolute Gasteiger partial charge is 0.336 e. The van der Waals surface area contributed by atoms with Crippen molar-refractivity contribution < 1.29 is 17.6 Å². The van der Waals surface area contributed by atoms with Gasteiger partial charge >= 0.3 is 6.18 Å². The molecule has 0 saturated heterocycles. The van der Waals surface area contributed by atoms with Crippen molar-refractivity contribution in [2.45, 2.75) is 6.18 Å². The molecule has 15 heavy (non-hydrogen) atoms. The third-order valence-electron chi connectivity index (χ3n) is 1.52. The predicted octanol–water partition coefficient (Wildman–Crippen LogP) is 3.78. The van der Waals surface area contributed by atoms with Gasteiger partial charge in [0.05, 0.1) is 11.3 Å². The van der Waals surface area contributed by atoms with E-state index in [0.717, 1.165) is 12.1 Å². The molecule has 0 aromatic heterocycles. The van der Waals surface area contributed by atoms with Crippen LogP contribution in [0, 0.1) is 5.82 Å². The summed E-state index contributed by atoms with van der Waals surface area (Å²) in [5, 5.41) is 2.12. The fourth-order valence-electron chi connectivity index (χ4n) is 0.966. The summed E-state index contributed by atoms with van der Waals surface area (Å²) in [5.41, 5.74) is -1.52. The van der Waals surface area contributed by atoms with E-state index in [9.17, 15) is 17.6 Å². The van der Waals surface area contributed by atoms with E-state index >= 15 is 0 Å². The van der Waals surface area contributed by atoms with Crippen molar-refractivity contribution in [3.8, 4) is 0 Å². The fourth-order valence-corrected chi connectivity index (χ4v) is 1.18. The molecule has 0 fully saturated rings. The highest BCUT2D eigenvalue weighted by atomic mass is 35.5. The number of anilines is 1. The summed E-state index contributed by atoms with van der Waals surface area (Å²) in [6.07, 6.45) is -4.66. The van der Waals surface area contributed by atoms with Gasteiger partial charge in [0.1, 0.15) is 5.82 Å². The van der Waals surface area contributed by atoms with E-state index in [1.807, 2.05) is 0 Å². The van der Waals surface area contributed by atoms with E-state index in [4.69, 9.17) is 11.6 Å². The van der Waals surface area contributed by atoms with Crippen LogP contribution < -0.4 is 5.32 Å². The molecule has 0 aliphatic carbocycles. The molecular weight excluding hydrogens is 254 g/mol. The number of alkyl halides is 3. The quantitative estimate of drug-likeness (QED) is 0.356. The first-order valence-corrected chi connectivity index (χ1v) is 4.42. The van der Waals surface area contributed by atoms with E-state index in [1.54, 1.807) is 0 Å². The van der Waals surface area contributed by atoms with Crippen LogP contribution >= 0.6 is 23.8 Å². The lowest BCUT2D eigenvalue weighted by atomic mass is 10.1. The van der Waals surface area contributed by atoms with Crippen molar-refractivity contribution in [3.63, 3.8) is 0 Å². The molecule has 0 heterocycles. The summed E-state index contributed by atoms with van der Waals surface area (Å²) < 4.78 is 49.4. The molecule has 0 spiro atoms. The molecule has 1 nitrogen and oxygen atoms in total. The molecule has 0 atom stereocenters. The van der Waals surface area contributed by atoms with Gasteiger partial charge in [0.2, 0.25) is 0 Å². The highest BCUT2D eigenvalue weighted by Crippen LogP contribution is 2.35. The number of rotatable bonds is 1. The van der Waals surface area contributed by atoms with Gasteiger partial charge in [-0.15, -0.1) is 0 Å². The van der Waals surface area contributed by atoms with Gasteiger partial charge < -0.3 is 5.32 Å². The zero-order chi connectivity index (χ0) is 11.6. The molecule has 0 aliphatic rings. The molecule has 0 radical (unpaired) electrons. The van der Waals surface area contributed by atoms with Crippen LogP contribution in [0.1, 0.15) is 5.56 Å². The van der Waals surface area contributed by atoms with Crippen molar-refractivity contribution in [3.05, 3.63) is 29.6 Å². The highest BCUT2D eigenvalue weighted by Gasteiger charge is 2.34. The summed E-state index contributed by atoms with van der Waals surface area (Å²) in [7, 11) is 0. The van der Waals surface area contributed by atoms with Gasteiger partial charge in [-0.3, -0.25) is 0 Å². The molecule has 0 aliphatic heterocycles. The standard InChI is InChI=1S/C8H4ClF4NS/c9-7(15)14-6-2-1-4(10)3-5(6)8(11,12)13/h1-3H,(H,14,15). The second-order valence-corrected chi connectivity index (χ2v) is 3.60. The Morgan fingerprint density at radius 3 is 2.40 bits per heavy atom. The van der Waals surface area contributed by atoms with E-state index in [-0.39, 0.29) is 10.1 Å². The van der Waals surface area contributed by atoms with Crippen molar-refractivity contribution in [1.29, 1.82) is 0 Å². The van der Waals surface area contributed by atoms with Crippen LogP contribution in [-0.4, -0.2) is 4.45 Å². The molecule has 1 N–H and O–H groups in total. The van der Waals surface area contributed by atoms with Gasteiger partial charge in [0.15, 0.2) is 4.45 Å². The minimum Gasteiger partial charge on any atom is -0.336 e. The Morgan fingerprint density at radius 1 is 1.33 bits per heavy atom. The lowest BCUT2D eigenvalue weighted by Gasteiger charge is -2.12. The third-order valence-corrected chi connectivity index (χ3v) is 1.72. The molecule has 0 saturated carbocycles. The van der Waals surface area contributed by atoms with Crippen LogP contribution in [0.15, 0.2) is 18.2 Å². The maximum Gasteiger partial charge on any atom is 0.418 e. The number of thiocarbonyl (C=S) groups is 1. The monoisotopic (exact) mass is 257 g/mol. The maximum absolute atomic E-state index is 12.6. The molecule has 7 heteroatoms. The molecular formula is C8H4ClF4NS. The topological polar surface area (TPSA) is 12.0 Å². The zero-order valence-corrected chi connectivity index (χ0v) is 8.60. The van der Waals surface area contributed by atoms with E-state index < -0.39 is 17.6 Å². The lowest BCUT2D eigenvalue weighted by molar-refractivity contribution is -0.137. The van der Waals surface area contributed by atoms with Crippen molar-refractivity contribution in [1.82, 2.24) is 0 Å². The normalized spacial score (nSPS) is 11.3. The Kier molecular flexibility index (Phi) is 3.51. The SMILES string of the molecule is Fc1ccc(NC(=S)Cl)c(C(F)(F)F)c1. The summed E-state index contributed by atoms with van der Waals surface area (Å²) in [4.78, 5) is 0. The Bertz CT molecular complexity index is 391. The number of benzene rings is 1. The van der Waals surface area contributed by atoms with Gasteiger partial charge in [0, 0.05) is 0 Å². The average Bonchev–Trinajstić information content (AvgIpc) is 2.05. The van der Waals surface area contributed by atoms with Gasteiger partial charge in [-0.05, 0) is 30.4 Å². The second kappa shape index (κ2) is 4.32. The van der Waals surface area contributed by atoms with Crippen LogP contribution in [0.25, 0.3) is 0 Å². The largest absolute Gasteiger partial charge is 0.418 e. The Morgan fingerprint density at radius 2 is 1.93 bits per heavy atom. The van der Waals surface area contributed by atoms with Crippen molar-refractivity contribution in [2.75, 3.05) is 5.32 Å². The van der Waals surface area contributed by atoms with Crippen LogP contribution in [0.2, 0.25) is 0 Å². The summed E-state index contributed by atoms with van der Waals surface area (Å²) >= 11 is 9.62. The minimum atomic E-state index is -4.66. The average molecular weight is 258 g/mol. The van der Waals surface area contributed by atoms with E-state index in [0.29, 0.717) is 6.07 Å². The minimum absolute atomic E-state index is 0.341. The molecule has 1 rings (SSSR count). The van der Waals surface area contributed by atoms with E-state index in [1.165, 1.54) is 0 Å². The maximum atomic E-state index is 12.6. The molecule has 1 aromatic carbocycles. The Balaban J connectivity index is 3.20. The first-order chi connectivity index (χ1) is 6.80. The van der Waals surface area contributed by atoms with Crippen LogP contribution in [0.3, 0.4) is 0 Å².